The first-order chi connectivity index (χ1) is 10.3. The largest absolute Gasteiger partial charge is 0.534 e. The molecule has 0 atom stereocenters. The summed E-state index contributed by atoms with van der Waals surface area (Å²) < 4.78 is 104. The van der Waals surface area contributed by atoms with Gasteiger partial charge in [0.25, 0.3) is 0 Å². The first kappa shape index (κ1) is 17.1. The topological polar surface area (TPSA) is 73.6 Å². The monoisotopic (exact) mass is 362 g/mol. The van der Waals surface area contributed by atoms with Crippen LogP contribution >= 0.6 is 0 Å². The van der Waals surface area contributed by atoms with Crippen molar-refractivity contribution < 1.29 is 43.4 Å². The minimum Gasteiger partial charge on any atom is -0.422 e. The van der Waals surface area contributed by atoms with Crippen molar-refractivity contribution in [2.45, 2.75) is 11.7 Å². The number of hydrogen-bond donors (Lipinski definition) is 0. The highest BCUT2D eigenvalue weighted by molar-refractivity contribution is 7.88. The van der Waals surface area contributed by atoms with Crippen LogP contribution in [-0.2, 0) is 16.3 Å². The average Bonchev–Trinajstić information content (AvgIpc) is 2.34. The predicted octanol–water partition coefficient (Wildman–Crippen LogP) is 3.04. The summed E-state index contributed by atoms with van der Waals surface area (Å²) in [4.78, 5) is 11.2. The zero-order chi connectivity index (χ0) is 17.6. The Kier molecular flexibility index (Phi) is 3.83. The Bertz CT molecular complexity index is 909. The van der Waals surface area contributed by atoms with Gasteiger partial charge in [0.05, 0.1) is 0 Å². The Labute approximate surface area is 123 Å². The number of fused-ring (bicyclic) bond motifs is 1. The summed E-state index contributed by atoms with van der Waals surface area (Å²) in [6, 6.07) is 2.48. The molecule has 0 aliphatic heterocycles. The lowest BCUT2D eigenvalue weighted by Gasteiger charge is -2.10. The van der Waals surface area contributed by atoms with Gasteiger partial charge in [0.15, 0.2) is 0 Å². The Morgan fingerprint density at radius 2 is 1.61 bits per heavy atom. The maximum atomic E-state index is 12.5. The second-order valence-electron chi connectivity index (χ2n) is 4.13. The summed E-state index contributed by atoms with van der Waals surface area (Å²) in [5.41, 5.74) is -9.65. The van der Waals surface area contributed by atoms with E-state index in [1.165, 1.54) is 0 Å². The van der Waals surface area contributed by atoms with E-state index in [0.717, 1.165) is 6.07 Å². The van der Waals surface area contributed by atoms with Crippen molar-refractivity contribution in [1.29, 1.82) is 0 Å². The molecular formula is C11H4F6O5S. The molecule has 2 aromatic rings. The highest BCUT2D eigenvalue weighted by Crippen LogP contribution is 2.31. The number of hydrogen-bond acceptors (Lipinski definition) is 5. The van der Waals surface area contributed by atoms with Gasteiger partial charge in [-0.1, -0.05) is 0 Å². The van der Waals surface area contributed by atoms with Crippen LogP contribution in [0.3, 0.4) is 0 Å². The van der Waals surface area contributed by atoms with E-state index in [9.17, 15) is 39.6 Å². The molecule has 5 nitrogen and oxygen atoms in total. The van der Waals surface area contributed by atoms with Crippen LogP contribution in [0.2, 0.25) is 0 Å². The predicted molar refractivity (Wildman–Crippen MR) is 63.1 cm³/mol. The minimum atomic E-state index is -5.96. The zero-order valence-electron chi connectivity index (χ0n) is 10.5. The summed E-state index contributed by atoms with van der Waals surface area (Å²) in [7, 11) is -5.96. The number of alkyl halides is 6. The van der Waals surface area contributed by atoms with E-state index < -0.39 is 44.3 Å². The molecule has 0 fully saturated rings. The van der Waals surface area contributed by atoms with Gasteiger partial charge in [-0.3, -0.25) is 0 Å². The molecular weight excluding hydrogens is 358 g/mol. The van der Waals surface area contributed by atoms with E-state index in [-0.39, 0.29) is 5.39 Å². The highest BCUT2D eigenvalue weighted by atomic mass is 32.2. The van der Waals surface area contributed by atoms with E-state index in [2.05, 4.69) is 8.60 Å². The minimum absolute atomic E-state index is 0.284. The van der Waals surface area contributed by atoms with Gasteiger partial charge >= 0.3 is 27.4 Å². The van der Waals surface area contributed by atoms with Gasteiger partial charge in [-0.2, -0.15) is 34.8 Å². The summed E-state index contributed by atoms with van der Waals surface area (Å²) in [5, 5.41) is -0.284. The molecule has 0 saturated carbocycles. The molecule has 23 heavy (non-hydrogen) atoms. The Hall–Kier alpha value is -2.24. The van der Waals surface area contributed by atoms with Crippen LogP contribution in [0, 0.1) is 0 Å². The molecule has 0 aliphatic rings. The molecule has 1 aromatic heterocycles. The zero-order valence-corrected chi connectivity index (χ0v) is 11.3. The third-order valence-corrected chi connectivity index (χ3v) is 3.48. The molecule has 0 N–H and O–H groups in total. The molecule has 1 heterocycles. The first-order valence-corrected chi connectivity index (χ1v) is 6.88. The van der Waals surface area contributed by atoms with Crippen LogP contribution in [0.5, 0.6) is 5.75 Å². The molecule has 0 amide bonds. The lowest BCUT2D eigenvalue weighted by atomic mass is 10.2. The van der Waals surface area contributed by atoms with Crippen LogP contribution in [0.4, 0.5) is 26.3 Å². The Balaban J connectivity index is 2.51. The van der Waals surface area contributed by atoms with Crippen LogP contribution in [0.1, 0.15) is 5.56 Å². The molecule has 0 radical (unpaired) electrons. The second kappa shape index (κ2) is 5.15. The van der Waals surface area contributed by atoms with E-state index in [1.54, 1.807) is 0 Å². The summed E-state index contributed by atoms with van der Waals surface area (Å²) in [6.07, 6.45) is -4.98. The van der Waals surface area contributed by atoms with Crippen molar-refractivity contribution in [2.24, 2.45) is 0 Å². The molecule has 0 saturated heterocycles. The van der Waals surface area contributed by atoms with Crippen molar-refractivity contribution in [3.8, 4) is 5.75 Å². The van der Waals surface area contributed by atoms with Crippen LogP contribution in [-0.4, -0.2) is 13.9 Å². The van der Waals surface area contributed by atoms with Gasteiger partial charge < -0.3 is 8.60 Å². The standard InChI is InChI=1S/C11H4F6O5S/c12-10(13,14)7-3-5-1-2-6(4-8(5)21-9(7)18)22-23(19,20)11(15,16)17/h1-4H. The van der Waals surface area contributed by atoms with Crippen molar-refractivity contribution >= 4 is 21.1 Å². The normalized spacial score (nSPS) is 13.3. The molecule has 0 aliphatic carbocycles. The molecule has 2 rings (SSSR count). The smallest absolute Gasteiger partial charge is 0.422 e. The molecule has 126 valence electrons. The number of benzene rings is 1. The lowest BCUT2D eigenvalue weighted by Crippen LogP contribution is -2.28. The highest BCUT2D eigenvalue weighted by Gasteiger charge is 2.48. The first-order valence-electron chi connectivity index (χ1n) is 5.47. The maximum absolute atomic E-state index is 12.5. The summed E-state index contributed by atoms with van der Waals surface area (Å²) >= 11 is 0. The van der Waals surface area contributed by atoms with Gasteiger partial charge in [0.2, 0.25) is 0 Å². The van der Waals surface area contributed by atoms with E-state index in [0.29, 0.717) is 18.2 Å². The fourth-order valence-electron chi connectivity index (χ4n) is 1.51. The average molecular weight is 362 g/mol. The molecule has 12 heteroatoms. The SMILES string of the molecule is O=c1oc2cc(OS(=O)(=O)C(F)(F)F)ccc2cc1C(F)(F)F. The quantitative estimate of drug-likeness (QED) is 0.355. The second-order valence-corrected chi connectivity index (χ2v) is 5.67. The summed E-state index contributed by atoms with van der Waals surface area (Å²) in [6.45, 7) is 0. The third kappa shape index (κ3) is 3.41. The van der Waals surface area contributed by atoms with Gasteiger partial charge in [-0.05, 0) is 18.2 Å². The van der Waals surface area contributed by atoms with E-state index >= 15 is 0 Å². The maximum Gasteiger partial charge on any atom is 0.534 e. The molecule has 1 aromatic carbocycles. The molecule has 0 bridgehead atoms. The van der Waals surface area contributed by atoms with E-state index in [1.807, 2.05) is 0 Å². The summed E-state index contributed by atoms with van der Waals surface area (Å²) in [5.74, 6) is -0.877. The van der Waals surface area contributed by atoms with Crippen LogP contribution in [0.25, 0.3) is 11.0 Å². The van der Waals surface area contributed by atoms with Gasteiger partial charge in [-0.15, -0.1) is 0 Å². The fourth-order valence-corrected chi connectivity index (χ4v) is 1.97. The fraction of sp³-hybridized carbons (Fsp3) is 0.182. The van der Waals surface area contributed by atoms with Crippen molar-refractivity contribution in [3.63, 3.8) is 0 Å². The number of rotatable bonds is 2. The van der Waals surface area contributed by atoms with Crippen LogP contribution in [0.15, 0.2) is 33.5 Å². The number of halogens is 6. The third-order valence-electron chi connectivity index (χ3n) is 2.50. The Morgan fingerprint density at radius 3 is 2.13 bits per heavy atom. The molecule has 0 unspecified atom stereocenters. The van der Waals surface area contributed by atoms with Crippen molar-refractivity contribution in [2.75, 3.05) is 0 Å². The lowest BCUT2D eigenvalue weighted by molar-refractivity contribution is -0.139. The molecule has 0 spiro atoms. The van der Waals surface area contributed by atoms with Gasteiger partial charge in [0, 0.05) is 11.5 Å². The van der Waals surface area contributed by atoms with E-state index in [4.69, 9.17) is 0 Å². The van der Waals surface area contributed by atoms with Crippen molar-refractivity contribution in [1.82, 2.24) is 0 Å². The van der Waals surface area contributed by atoms with Gasteiger partial charge in [0.1, 0.15) is 16.9 Å². The van der Waals surface area contributed by atoms with Crippen molar-refractivity contribution in [3.05, 3.63) is 40.2 Å². The van der Waals surface area contributed by atoms with Crippen LogP contribution < -0.4 is 9.81 Å². The van der Waals surface area contributed by atoms with Gasteiger partial charge in [-0.25, -0.2) is 4.79 Å². The Morgan fingerprint density at radius 1 is 1.00 bits per heavy atom.